The molecule has 0 spiro atoms. The lowest BCUT2D eigenvalue weighted by Gasteiger charge is -2.34. The number of hydrogen-bond acceptors (Lipinski definition) is 8. The highest BCUT2D eigenvalue weighted by atomic mass is 32.2. The summed E-state index contributed by atoms with van der Waals surface area (Å²) in [6.45, 7) is 4.77. The van der Waals surface area contributed by atoms with Crippen molar-refractivity contribution < 1.29 is 13.2 Å². The van der Waals surface area contributed by atoms with Crippen molar-refractivity contribution in [2.24, 2.45) is 0 Å². The first kappa shape index (κ1) is 21.9. The van der Waals surface area contributed by atoms with Gasteiger partial charge in [-0.3, -0.25) is 9.88 Å². The maximum Gasteiger partial charge on any atom is 0.179 e. The van der Waals surface area contributed by atoms with E-state index in [0.717, 1.165) is 48.7 Å². The number of fused-ring (bicyclic) bond motifs is 1. The summed E-state index contributed by atoms with van der Waals surface area (Å²) in [5.41, 5.74) is 3.02. The molecule has 0 unspecified atom stereocenters. The molecule has 33 heavy (non-hydrogen) atoms. The first-order valence-corrected chi connectivity index (χ1v) is 12.9. The monoisotopic (exact) mass is 465 g/mol. The van der Waals surface area contributed by atoms with Crippen molar-refractivity contribution in [1.29, 1.82) is 0 Å². The second-order valence-corrected chi connectivity index (χ2v) is 10.4. The summed E-state index contributed by atoms with van der Waals surface area (Å²) in [4.78, 5) is 18.9. The molecule has 9 heteroatoms. The number of aromatic nitrogens is 3. The summed E-state index contributed by atoms with van der Waals surface area (Å²) >= 11 is 0. The Hall–Kier alpha value is -2.88. The smallest absolute Gasteiger partial charge is 0.179 e. The van der Waals surface area contributed by atoms with Crippen LogP contribution in [0.2, 0.25) is 0 Å². The molecule has 0 N–H and O–H groups in total. The Morgan fingerprint density at radius 3 is 2.55 bits per heavy atom. The lowest BCUT2D eigenvalue weighted by Crippen LogP contribution is -2.40. The van der Waals surface area contributed by atoms with Gasteiger partial charge in [0.2, 0.25) is 0 Å². The highest BCUT2D eigenvalue weighted by Crippen LogP contribution is 2.30. The van der Waals surface area contributed by atoms with Crippen LogP contribution in [0.4, 0.5) is 5.82 Å². The van der Waals surface area contributed by atoms with Crippen molar-refractivity contribution >= 4 is 15.7 Å². The third-order valence-corrected chi connectivity index (χ3v) is 7.84. The quantitative estimate of drug-likeness (QED) is 0.548. The molecule has 1 saturated heterocycles. The van der Waals surface area contributed by atoms with Gasteiger partial charge in [-0.1, -0.05) is 18.2 Å². The summed E-state index contributed by atoms with van der Waals surface area (Å²) in [5, 5.41) is 0. The second-order valence-electron chi connectivity index (χ2n) is 8.30. The summed E-state index contributed by atoms with van der Waals surface area (Å²) in [7, 11) is -3.32. The van der Waals surface area contributed by atoms with E-state index in [1.807, 2.05) is 18.2 Å². The average molecular weight is 466 g/mol. The second kappa shape index (κ2) is 9.54. The Morgan fingerprint density at radius 2 is 1.79 bits per heavy atom. The molecule has 3 aromatic rings. The van der Waals surface area contributed by atoms with Gasteiger partial charge in [0.25, 0.3) is 0 Å². The van der Waals surface area contributed by atoms with Crippen LogP contribution in [-0.4, -0.2) is 73.4 Å². The lowest BCUT2D eigenvalue weighted by molar-refractivity contribution is 0.122. The summed E-state index contributed by atoms with van der Waals surface area (Å²) in [6, 6.07) is 12.5. The van der Waals surface area contributed by atoms with E-state index < -0.39 is 9.84 Å². The van der Waals surface area contributed by atoms with Crippen LogP contribution in [0.15, 0.2) is 59.8 Å². The third-order valence-electron chi connectivity index (χ3n) is 6.13. The fourth-order valence-electron chi connectivity index (χ4n) is 4.30. The predicted molar refractivity (Wildman–Crippen MR) is 126 cm³/mol. The van der Waals surface area contributed by atoms with E-state index in [9.17, 15) is 8.42 Å². The molecule has 2 aromatic heterocycles. The average Bonchev–Trinajstić information content (AvgIpc) is 2.88. The number of anilines is 1. The van der Waals surface area contributed by atoms with Crippen LogP contribution in [0, 0.1) is 0 Å². The number of pyridine rings is 1. The number of morpholine rings is 1. The van der Waals surface area contributed by atoms with E-state index in [0.29, 0.717) is 37.0 Å². The minimum atomic E-state index is -3.32. The fourth-order valence-corrected chi connectivity index (χ4v) is 5.61. The van der Waals surface area contributed by atoms with Crippen LogP contribution >= 0.6 is 0 Å². The molecule has 1 fully saturated rings. The van der Waals surface area contributed by atoms with Gasteiger partial charge in [-0.15, -0.1) is 0 Å². The largest absolute Gasteiger partial charge is 0.378 e. The van der Waals surface area contributed by atoms with E-state index in [1.165, 1.54) is 0 Å². The van der Waals surface area contributed by atoms with Gasteiger partial charge in [0.15, 0.2) is 15.7 Å². The lowest BCUT2D eigenvalue weighted by atomic mass is 10.0. The number of ether oxygens (including phenoxy) is 1. The molecule has 2 aliphatic rings. The van der Waals surface area contributed by atoms with E-state index in [1.54, 1.807) is 36.7 Å². The molecule has 0 bridgehead atoms. The number of benzene rings is 1. The number of nitrogens with zero attached hydrogens (tertiary/aromatic N) is 5. The summed E-state index contributed by atoms with van der Waals surface area (Å²) in [5.74, 6) is 1.70. The Morgan fingerprint density at radius 1 is 0.970 bits per heavy atom. The molecule has 0 amide bonds. The van der Waals surface area contributed by atoms with Crippen molar-refractivity contribution in [3.63, 3.8) is 0 Å². The van der Waals surface area contributed by atoms with Gasteiger partial charge < -0.3 is 9.64 Å². The normalized spacial score (nSPS) is 17.0. The topological polar surface area (TPSA) is 88.5 Å². The molecule has 0 radical (unpaired) electrons. The highest BCUT2D eigenvalue weighted by Gasteiger charge is 2.27. The van der Waals surface area contributed by atoms with Crippen LogP contribution in [0.1, 0.15) is 11.3 Å². The van der Waals surface area contributed by atoms with Crippen LogP contribution < -0.4 is 4.90 Å². The first-order valence-electron chi connectivity index (χ1n) is 11.2. The van der Waals surface area contributed by atoms with Gasteiger partial charge in [-0.2, -0.15) is 0 Å². The fraction of sp³-hybridized carbons (Fsp3) is 0.375. The van der Waals surface area contributed by atoms with Crippen LogP contribution in [0.3, 0.4) is 0 Å². The Kier molecular flexibility index (Phi) is 6.34. The van der Waals surface area contributed by atoms with Crippen molar-refractivity contribution in [3.05, 3.63) is 66.1 Å². The molecule has 5 rings (SSSR count). The van der Waals surface area contributed by atoms with E-state index in [4.69, 9.17) is 14.7 Å². The maximum atomic E-state index is 12.8. The maximum absolute atomic E-state index is 12.8. The summed E-state index contributed by atoms with van der Waals surface area (Å²) < 4.78 is 31.1. The molecule has 2 aliphatic heterocycles. The van der Waals surface area contributed by atoms with E-state index in [2.05, 4.69) is 14.8 Å². The zero-order valence-corrected chi connectivity index (χ0v) is 19.2. The zero-order valence-electron chi connectivity index (χ0n) is 18.4. The molecule has 4 heterocycles. The zero-order chi connectivity index (χ0) is 22.7. The molecular weight excluding hydrogens is 438 g/mol. The third kappa shape index (κ3) is 4.90. The molecule has 0 atom stereocenters. The standard InChI is InChI=1S/C24H27N5O3S/c30-33(31,20-6-2-1-3-7-20)16-13-28-10-8-22-21(18-28)24(29-11-14-32-15-12-29)27-23(26-22)19-5-4-9-25-17-19/h1-7,9,17H,8,10-16,18H2. The Balaban J connectivity index is 1.40. The number of rotatable bonds is 6. The minimum Gasteiger partial charge on any atom is -0.378 e. The molecule has 8 nitrogen and oxygen atoms in total. The minimum absolute atomic E-state index is 0.0911. The Bertz CT molecular complexity index is 1200. The Labute approximate surface area is 194 Å². The number of sulfone groups is 1. The van der Waals surface area contributed by atoms with Crippen molar-refractivity contribution in [1.82, 2.24) is 19.9 Å². The molecule has 0 aliphatic carbocycles. The molecule has 1 aromatic carbocycles. The van der Waals surface area contributed by atoms with Crippen LogP contribution in [0.5, 0.6) is 0 Å². The van der Waals surface area contributed by atoms with Crippen molar-refractivity contribution in [2.75, 3.05) is 50.0 Å². The van der Waals surface area contributed by atoms with E-state index >= 15 is 0 Å². The van der Waals surface area contributed by atoms with Gasteiger partial charge in [-0.05, 0) is 24.3 Å². The van der Waals surface area contributed by atoms with Gasteiger partial charge >= 0.3 is 0 Å². The van der Waals surface area contributed by atoms with Gasteiger partial charge in [0.1, 0.15) is 5.82 Å². The van der Waals surface area contributed by atoms with Gasteiger partial charge in [-0.25, -0.2) is 18.4 Å². The highest BCUT2D eigenvalue weighted by molar-refractivity contribution is 7.91. The molecular formula is C24H27N5O3S. The molecule has 172 valence electrons. The van der Waals surface area contributed by atoms with Gasteiger partial charge in [0, 0.05) is 62.7 Å². The predicted octanol–water partition coefficient (Wildman–Crippen LogP) is 2.21. The van der Waals surface area contributed by atoms with Gasteiger partial charge in [0.05, 0.1) is 29.6 Å². The summed E-state index contributed by atoms with van der Waals surface area (Å²) in [6.07, 6.45) is 4.29. The molecule has 0 saturated carbocycles. The van der Waals surface area contributed by atoms with Crippen molar-refractivity contribution in [3.8, 4) is 11.4 Å². The van der Waals surface area contributed by atoms with Crippen LogP contribution in [-0.2, 0) is 27.5 Å². The van der Waals surface area contributed by atoms with Crippen molar-refractivity contribution in [2.45, 2.75) is 17.9 Å². The SMILES string of the molecule is O=S(=O)(CCN1CCc2nc(-c3cccnc3)nc(N3CCOCC3)c2C1)c1ccccc1. The van der Waals surface area contributed by atoms with Crippen LogP contribution in [0.25, 0.3) is 11.4 Å². The van der Waals surface area contributed by atoms with E-state index in [-0.39, 0.29) is 5.75 Å². The first-order chi connectivity index (χ1) is 16.1. The number of hydrogen-bond donors (Lipinski definition) is 0.